The predicted molar refractivity (Wildman–Crippen MR) is 85.8 cm³/mol. The molecule has 2 aromatic carbocycles. The van der Waals surface area contributed by atoms with Crippen molar-refractivity contribution < 1.29 is 28.1 Å². The fourth-order valence-corrected chi connectivity index (χ4v) is 6.68. The van der Waals surface area contributed by atoms with Crippen LogP contribution >= 0.6 is 19.9 Å². The van der Waals surface area contributed by atoms with Crippen molar-refractivity contribution in [3.05, 3.63) is 69.5 Å². The zero-order valence-corrected chi connectivity index (χ0v) is 18.6. The van der Waals surface area contributed by atoms with Crippen LogP contribution in [0.25, 0.3) is 10.9 Å². The number of fused-ring (bicyclic) bond motifs is 1. The molecule has 3 rings (SSSR count). The van der Waals surface area contributed by atoms with Gasteiger partial charge in [0.05, 0.1) is 0 Å². The average Bonchev–Trinajstić information content (AvgIpc) is 2.53. The van der Waals surface area contributed by atoms with E-state index in [1.165, 1.54) is 0 Å². The van der Waals surface area contributed by atoms with Gasteiger partial charge < -0.3 is 0 Å². The van der Waals surface area contributed by atoms with E-state index in [-0.39, 0.29) is 5.56 Å². The molecule has 0 aliphatic rings. The molecule has 1 heterocycles. The SMILES string of the molecule is O=c1cc(COc2cccc[c]2[Hg][Cl])c2cc(Cl)ccc2[nH]1. The number of benzene rings is 2. The molecule has 0 spiro atoms. The number of rotatable bonds is 4. The van der Waals surface area contributed by atoms with Crippen molar-refractivity contribution in [2.45, 2.75) is 6.61 Å². The van der Waals surface area contributed by atoms with Gasteiger partial charge in [-0.25, -0.2) is 0 Å². The van der Waals surface area contributed by atoms with Gasteiger partial charge in [-0.2, -0.15) is 0 Å². The molecular formula is C16H11Cl2HgNO2. The van der Waals surface area contributed by atoms with E-state index in [0.29, 0.717) is 11.6 Å². The Kier molecular flexibility index (Phi) is 5.06. The Bertz CT molecular complexity index is 879. The Labute approximate surface area is 148 Å². The summed E-state index contributed by atoms with van der Waals surface area (Å²) in [5.74, 6) is 0.814. The summed E-state index contributed by atoms with van der Waals surface area (Å²) in [6.07, 6.45) is 0. The van der Waals surface area contributed by atoms with Crippen LogP contribution in [0.15, 0.2) is 53.3 Å². The molecule has 0 unspecified atom stereocenters. The van der Waals surface area contributed by atoms with Gasteiger partial charge in [0.2, 0.25) is 0 Å². The molecule has 0 aliphatic carbocycles. The predicted octanol–water partition coefficient (Wildman–Crippen LogP) is 3.62. The molecule has 3 nitrogen and oxygen atoms in total. The van der Waals surface area contributed by atoms with Crippen LogP contribution in [-0.2, 0) is 29.9 Å². The molecule has 1 aromatic heterocycles. The Morgan fingerprint density at radius 2 is 1.95 bits per heavy atom. The number of aromatic amines is 1. The van der Waals surface area contributed by atoms with Crippen molar-refractivity contribution in [3.63, 3.8) is 0 Å². The molecule has 0 atom stereocenters. The number of pyridine rings is 1. The van der Waals surface area contributed by atoms with Crippen molar-refractivity contribution in [1.29, 1.82) is 0 Å². The first-order valence-corrected chi connectivity index (χ1v) is 16.6. The topological polar surface area (TPSA) is 42.1 Å². The van der Waals surface area contributed by atoms with E-state index < -0.39 is 23.3 Å². The first-order valence-electron chi connectivity index (χ1n) is 6.75. The summed E-state index contributed by atoms with van der Waals surface area (Å²) in [4.78, 5) is 14.6. The van der Waals surface area contributed by atoms with Gasteiger partial charge in [-0.05, 0) is 0 Å². The van der Waals surface area contributed by atoms with E-state index in [1.54, 1.807) is 18.2 Å². The van der Waals surface area contributed by atoms with Crippen LogP contribution < -0.4 is 13.4 Å². The molecule has 3 aromatic rings. The number of ether oxygens (including phenoxy) is 1. The number of H-pyrrole nitrogens is 1. The Morgan fingerprint density at radius 1 is 1.14 bits per heavy atom. The van der Waals surface area contributed by atoms with Crippen LogP contribution in [0.3, 0.4) is 0 Å². The maximum atomic E-state index is 11.8. The average molecular weight is 521 g/mol. The molecule has 0 radical (unpaired) electrons. The van der Waals surface area contributed by atoms with Gasteiger partial charge in [-0.1, -0.05) is 0 Å². The van der Waals surface area contributed by atoms with Gasteiger partial charge in [0.15, 0.2) is 0 Å². The molecule has 0 saturated carbocycles. The van der Waals surface area contributed by atoms with Crippen molar-refractivity contribution >= 4 is 33.8 Å². The molecule has 22 heavy (non-hydrogen) atoms. The third-order valence-corrected chi connectivity index (χ3v) is 9.54. The second-order valence-electron chi connectivity index (χ2n) is 4.88. The van der Waals surface area contributed by atoms with Crippen LogP contribution in [0.5, 0.6) is 5.75 Å². The van der Waals surface area contributed by atoms with E-state index >= 15 is 0 Å². The van der Waals surface area contributed by atoms with E-state index in [0.717, 1.165) is 25.3 Å². The third-order valence-electron chi connectivity index (χ3n) is 3.39. The summed E-state index contributed by atoms with van der Waals surface area (Å²) >= 11 is 4.49. The Morgan fingerprint density at radius 3 is 2.77 bits per heavy atom. The minimum absolute atomic E-state index is 0.154. The molecule has 0 fully saturated rings. The van der Waals surface area contributed by atoms with Gasteiger partial charge >= 0.3 is 149 Å². The summed E-state index contributed by atoms with van der Waals surface area (Å²) in [6, 6.07) is 14.7. The molecule has 1 N–H and O–H groups in total. The van der Waals surface area contributed by atoms with E-state index in [1.807, 2.05) is 30.3 Å². The van der Waals surface area contributed by atoms with Crippen molar-refractivity contribution in [2.75, 3.05) is 0 Å². The first-order chi connectivity index (χ1) is 10.7. The quantitative estimate of drug-likeness (QED) is 0.534. The van der Waals surface area contributed by atoms with Crippen molar-refractivity contribution in [2.24, 2.45) is 0 Å². The monoisotopic (exact) mass is 521 g/mol. The fraction of sp³-hybridized carbons (Fsp3) is 0.0625. The zero-order valence-electron chi connectivity index (χ0n) is 11.6. The normalized spacial score (nSPS) is 10.5. The number of hydrogen-bond acceptors (Lipinski definition) is 2. The third kappa shape index (κ3) is 3.48. The van der Waals surface area contributed by atoms with Gasteiger partial charge in [0, 0.05) is 0 Å². The molecule has 0 saturated heterocycles. The van der Waals surface area contributed by atoms with Crippen LogP contribution in [0, 0.1) is 0 Å². The molecular weight excluding hydrogens is 510 g/mol. The second kappa shape index (κ2) is 7.03. The molecule has 6 heteroatoms. The van der Waals surface area contributed by atoms with Crippen LogP contribution in [0.1, 0.15) is 5.56 Å². The Balaban J connectivity index is 1.97. The van der Waals surface area contributed by atoms with Gasteiger partial charge in [-0.3, -0.25) is 0 Å². The number of halogens is 2. The maximum absolute atomic E-state index is 11.8. The van der Waals surface area contributed by atoms with E-state index in [2.05, 4.69) is 4.98 Å². The second-order valence-corrected chi connectivity index (χ2v) is 11.7. The van der Waals surface area contributed by atoms with Crippen molar-refractivity contribution in [3.8, 4) is 5.75 Å². The zero-order chi connectivity index (χ0) is 15.5. The number of para-hydroxylation sites is 1. The summed E-state index contributed by atoms with van der Waals surface area (Å²) in [7, 11) is 6.12. The van der Waals surface area contributed by atoms with E-state index in [4.69, 9.17) is 24.6 Å². The standard InChI is InChI=1S/C16H11ClNO2.ClH.Hg/c17-12-6-7-15-14(9-12)11(8-16(19)18-15)10-20-13-4-2-1-3-5-13;;/h1-4,6-9H,10H2,(H,18,19);1H;/q;;+1/p-1. The summed E-state index contributed by atoms with van der Waals surface area (Å²) in [6.45, 7) is 0.308. The fourth-order valence-electron chi connectivity index (χ4n) is 2.33. The van der Waals surface area contributed by atoms with Crippen LogP contribution in [-0.4, -0.2) is 4.98 Å². The Hall–Kier alpha value is -1.03. The molecule has 0 amide bonds. The van der Waals surface area contributed by atoms with Gasteiger partial charge in [0.1, 0.15) is 0 Å². The van der Waals surface area contributed by atoms with Gasteiger partial charge in [0.25, 0.3) is 0 Å². The molecule has 108 valence electrons. The number of nitrogens with one attached hydrogen (secondary N) is 1. The van der Waals surface area contributed by atoms with Crippen molar-refractivity contribution in [1.82, 2.24) is 4.98 Å². The summed E-state index contributed by atoms with van der Waals surface area (Å²) < 4.78 is 7.03. The molecule has 0 aliphatic heterocycles. The minimum atomic E-state index is -1.56. The van der Waals surface area contributed by atoms with E-state index in [9.17, 15) is 4.79 Å². The number of hydrogen-bond donors (Lipinski definition) is 1. The van der Waals surface area contributed by atoms with Crippen LogP contribution in [0.2, 0.25) is 5.02 Å². The first kappa shape index (κ1) is 15.8. The summed E-state index contributed by atoms with van der Waals surface area (Å²) in [5.41, 5.74) is 1.41. The number of aromatic nitrogens is 1. The van der Waals surface area contributed by atoms with Crippen LogP contribution in [0.4, 0.5) is 0 Å². The van der Waals surface area contributed by atoms with Gasteiger partial charge in [-0.15, -0.1) is 0 Å². The summed E-state index contributed by atoms with van der Waals surface area (Å²) in [5, 5.41) is 1.51. The molecule has 0 bridgehead atoms.